The largest absolute Gasteiger partial charge is 0.345 e. The van der Waals surface area contributed by atoms with Crippen LogP contribution in [0.3, 0.4) is 0 Å². The van der Waals surface area contributed by atoms with Crippen LogP contribution in [0, 0.1) is 65.9 Å². The first-order chi connectivity index (χ1) is 49.6. The molecule has 0 atom stereocenters. The van der Waals surface area contributed by atoms with Crippen LogP contribution in [-0.2, 0) is 46.4 Å². The smallest absolute Gasteiger partial charge is 0.294 e. The van der Waals surface area contributed by atoms with Crippen LogP contribution in [0.15, 0.2) is 60.7 Å². The summed E-state index contributed by atoms with van der Waals surface area (Å²) in [6.45, 7) is 24.9. The maximum absolute atomic E-state index is 13.6. The average Bonchev–Trinajstić information content (AvgIpc) is 1.62. The van der Waals surface area contributed by atoms with Crippen molar-refractivity contribution in [3.05, 3.63) is 157 Å². The van der Waals surface area contributed by atoms with Gasteiger partial charge in [0.15, 0.2) is 0 Å². The van der Waals surface area contributed by atoms with Gasteiger partial charge in [0.1, 0.15) is 17.5 Å². The number of piperidine rings is 2. The molecule has 0 unspecified atom stereocenters. The lowest BCUT2D eigenvalue weighted by Crippen LogP contribution is -2.58. The van der Waals surface area contributed by atoms with Crippen molar-refractivity contribution in [1.29, 1.82) is 0 Å². The molecule has 3 aliphatic heterocycles. The molecule has 6 aromatic rings. The second-order valence-corrected chi connectivity index (χ2v) is 30.3. The van der Waals surface area contributed by atoms with Crippen LogP contribution in [0.2, 0.25) is 0 Å². The molecule has 7 amide bonds. The van der Waals surface area contributed by atoms with E-state index in [0.717, 1.165) is 97.1 Å². The van der Waals surface area contributed by atoms with Gasteiger partial charge in [0.25, 0.3) is 52.8 Å². The molecular formula is C80H103F3N12O10. The number of hydrogen-bond donors (Lipinski definition) is 6. The lowest BCUT2D eigenvalue weighted by Gasteiger charge is -2.42. The van der Waals surface area contributed by atoms with Crippen LogP contribution in [0.4, 0.5) is 30.2 Å². The maximum atomic E-state index is 13.6. The highest BCUT2D eigenvalue weighted by atomic mass is 19.1. The highest BCUT2D eigenvalue weighted by molar-refractivity contribution is 6.44. The van der Waals surface area contributed by atoms with E-state index in [1.807, 2.05) is 0 Å². The Hall–Kier alpha value is -9.49. The van der Waals surface area contributed by atoms with Crippen LogP contribution in [0.25, 0.3) is 0 Å². The van der Waals surface area contributed by atoms with Crippen molar-refractivity contribution < 1.29 is 61.1 Å². The Morgan fingerprint density at radius 3 is 1.20 bits per heavy atom. The lowest BCUT2D eigenvalue weighted by atomic mass is 9.80. The molecule has 2 aliphatic carbocycles. The number of amides is 7. The molecule has 0 spiro atoms. The zero-order valence-electron chi connectivity index (χ0n) is 63.1. The van der Waals surface area contributed by atoms with E-state index in [9.17, 15) is 61.1 Å². The van der Waals surface area contributed by atoms with Gasteiger partial charge < -0.3 is 60.3 Å². The summed E-state index contributed by atoms with van der Waals surface area (Å²) in [5.41, 5.74) is 5.16. The Kier molecular flexibility index (Phi) is 25.6. The summed E-state index contributed by atoms with van der Waals surface area (Å²) < 4.78 is 45.7. The molecule has 3 aromatic carbocycles. The third-order valence-electron chi connectivity index (χ3n) is 21.2. The van der Waals surface area contributed by atoms with E-state index in [4.69, 9.17) is 0 Å². The van der Waals surface area contributed by atoms with E-state index in [1.54, 1.807) is 114 Å². The SMILES string of the molecule is CC(=O)N1CCn2c(C(=O)C(=O)NC(C)(C)C)cc(C(=O)Nc3ccc(F)c(C)c3)c2C1.Cc1cc(NC(=O)c2c(C)c(C(=O)C(=O)NC3(CN4CCCCC4)CCCC3)n(C)c2C)ccc1F.Cc1cc(NC(=O)c2c(C)c(C(=O)C(=O)NC3(CN4CCCCC4)CCCCC3)n(C)c2C)ccc1F. The van der Waals surface area contributed by atoms with Crippen LogP contribution < -0.4 is 31.9 Å². The second kappa shape index (κ2) is 33.7. The number of nitrogens with zero attached hydrogens (tertiary/aromatic N) is 6. The van der Waals surface area contributed by atoms with E-state index in [2.05, 4.69) is 41.7 Å². The molecule has 25 heteroatoms. The molecule has 564 valence electrons. The van der Waals surface area contributed by atoms with E-state index in [-0.39, 0.29) is 64.6 Å². The molecule has 4 fully saturated rings. The van der Waals surface area contributed by atoms with E-state index < -0.39 is 63.9 Å². The minimum atomic E-state index is -0.770. The van der Waals surface area contributed by atoms with E-state index >= 15 is 0 Å². The number of aromatic nitrogens is 3. The number of carbonyl (C=O) groups excluding carboxylic acids is 10. The number of aryl methyl sites for hydroxylation is 3. The number of rotatable bonds is 18. The zero-order chi connectivity index (χ0) is 76.6. The Labute approximate surface area is 613 Å². The van der Waals surface area contributed by atoms with Crippen molar-refractivity contribution in [3.8, 4) is 0 Å². The van der Waals surface area contributed by atoms with Crippen molar-refractivity contribution >= 4 is 75.8 Å². The standard InChI is InChI=1S/C29H39FN4O3.C28H37FN4O3.C23H27FN4O4/c1-19-17-22(11-12-23(19)30)31-27(36)24-20(2)25(33(4)21(24)3)26(35)28(37)32-29(13-7-5-8-14-29)18-34-15-9-6-10-16-34;1-18-16-21(10-11-22(18)29)30-26(35)23-19(2)24(32(4)20(23)3)25(34)27(36)31-28(12-6-7-13-28)17-33-14-8-5-9-15-33;1-13-10-15(6-7-17(13)24)25-21(31)16-11-18(20(30)22(32)26-23(3,4)5)28-9-8-27(14(2)29)12-19(16)28/h11-12,17H,5-10,13-16,18H2,1-4H3,(H,31,36)(H,32,37);10-11,16H,5-9,12-15,17H2,1-4H3,(H,30,35)(H,31,36);6-7,10-11H,8-9,12H2,1-5H3,(H,25,31)(H,26,32). The molecule has 6 heterocycles. The molecular weight excluding hydrogens is 1350 g/mol. The van der Waals surface area contributed by atoms with Gasteiger partial charge in [-0.05, 0) is 235 Å². The summed E-state index contributed by atoms with van der Waals surface area (Å²) in [4.78, 5) is 137. The quantitative estimate of drug-likeness (QED) is 0.0347. The average molecular weight is 1450 g/mol. The van der Waals surface area contributed by atoms with Gasteiger partial charge in [-0.15, -0.1) is 0 Å². The fourth-order valence-corrected chi connectivity index (χ4v) is 15.5. The molecule has 0 bridgehead atoms. The summed E-state index contributed by atoms with van der Waals surface area (Å²) in [6.07, 6.45) is 16.0. The predicted molar refractivity (Wildman–Crippen MR) is 397 cm³/mol. The third kappa shape index (κ3) is 19.0. The summed E-state index contributed by atoms with van der Waals surface area (Å²) in [5, 5.41) is 17.2. The number of benzene rings is 3. The van der Waals surface area contributed by atoms with Crippen LogP contribution in [0.5, 0.6) is 0 Å². The Bertz CT molecular complexity index is 4340. The Balaban J connectivity index is 0.000000183. The number of likely N-dealkylation sites (tertiary alicyclic amines) is 2. The molecule has 2 saturated carbocycles. The summed E-state index contributed by atoms with van der Waals surface area (Å²) in [6, 6.07) is 14.3. The minimum Gasteiger partial charge on any atom is -0.345 e. The molecule has 6 N–H and O–H groups in total. The van der Waals surface area contributed by atoms with Gasteiger partial charge in [-0.3, -0.25) is 47.9 Å². The van der Waals surface area contributed by atoms with Gasteiger partial charge >= 0.3 is 0 Å². The van der Waals surface area contributed by atoms with Crippen LogP contribution in [0.1, 0.15) is 231 Å². The number of carbonyl (C=O) groups is 10. The van der Waals surface area contributed by atoms with Crippen molar-refractivity contribution in [2.75, 3.05) is 61.8 Å². The van der Waals surface area contributed by atoms with Gasteiger partial charge in [0.05, 0.1) is 57.1 Å². The fourth-order valence-electron chi connectivity index (χ4n) is 15.5. The second-order valence-electron chi connectivity index (χ2n) is 30.3. The van der Waals surface area contributed by atoms with Gasteiger partial charge in [-0.1, -0.05) is 44.9 Å². The Morgan fingerprint density at radius 1 is 0.457 bits per heavy atom. The van der Waals surface area contributed by atoms with Crippen LogP contribution in [-0.4, -0.2) is 150 Å². The number of Topliss-reactive ketones (excluding diaryl/α,β-unsaturated/α-hetero) is 3. The predicted octanol–water partition coefficient (Wildman–Crippen LogP) is 11.9. The van der Waals surface area contributed by atoms with Gasteiger partial charge in [0, 0.05) is 81.2 Å². The molecule has 5 aliphatic rings. The molecule has 22 nitrogen and oxygen atoms in total. The topological polar surface area (TPSA) is 267 Å². The molecule has 3 aromatic heterocycles. The first kappa shape index (κ1) is 79.6. The van der Waals surface area contributed by atoms with E-state index in [0.29, 0.717) is 79.6 Å². The number of halogens is 3. The first-order valence-electron chi connectivity index (χ1n) is 36.7. The highest BCUT2D eigenvalue weighted by Gasteiger charge is 2.42. The molecule has 2 saturated heterocycles. The maximum Gasteiger partial charge on any atom is 0.294 e. The summed E-state index contributed by atoms with van der Waals surface area (Å²) >= 11 is 0. The zero-order valence-corrected chi connectivity index (χ0v) is 63.1. The lowest BCUT2D eigenvalue weighted by molar-refractivity contribution is -0.130. The molecule has 11 rings (SSSR count). The number of fused-ring (bicyclic) bond motifs is 1. The first-order valence-corrected chi connectivity index (χ1v) is 36.7. The molecule has 0 radical (unpaired) electrons. The van der Waals surface area contributed by atoms with E-state index in [1.165, 1.54) is 94.0 Å². The minimum absolute atomic E-state index is 0.0883. The normalized spacial score (nSPS) is 16.4. The fraction of sp³-hybridized carbons (Fsp3) is 0.500. The number of ketones is 3. The Morgan fingerprint density at radius 2 is 0.829 bits per heavy atom. The number of anilines is 3. The summed E-state index contributed by atoms with van der Waals surface area (Å²) in [5.74, 6) is -6.55. The third-order valence-corrected chi connectivity index (χ3v) is 21.2. The monoisotopic (exact) mass is 1450 g/mol. The van der Waals surface area contributed by atoms with Crippen molar-refractivity contribution in [1.82, 2.24) is 44.4 Å². The van der Waals surface area contributed by atoms with Gasteiger partial charge in [-0.2, -0.15) is 0 Å². The van der Waals surface area contributed by atoms with Crippen molar-refractivity contribution in [2.24, 2.45) is 14.1 Å². The van der Waals surface area contributed by atoms with Crippen LogP contribution >= 0.6 is 0 Å². The highest BCUT2D eigenvalue weighted by Crippen LogP contribution is 2.35. The van der Waals surface area contributed by atoms with Crippen molar-refractivity contribution in [2.45, 2.75) is 202 Å². The molecule has 105 heavy (non-hydrogen) atoms. The number of nitrogens with one attached hydrogen (secondary N) is 6. The van der Waals surface area contributed by atoms with Crippen molar-refractivity contribution in [3.63, 3.8) is 0 Å². The van der Waals surface area contributed by atoms with Gasteiger partial charge in [-0.25, -0.2) is 13.2 Å². The van der Waals surface area contributed by atoms with Gasteiger partial charge in [0.2, 0.25) is 5.91 Å². The summed E-state index contributed by atoms with van der Waals surface area (Å²) in [7, 11) is 3.40. The number of hydrogen-bond acceptors (Lipinski definition) is 12.